The Morgan fingerprint density at radius 3 is 2.61 bits per heavy atom. The maximum Gasteiger partial charge on any atom is 0.263 e. The molecular formula is C22H18BrN3OS. The molecule has 6 heteroatoms. The van der Waals surface area contributed by atoms with E-state index in [2.05, 4.69) is 49.7 Å². The summed E-state index contributed by atoms with van der Waals surface area (Å²) in [6.45, 7) is 2.34. The van der Waals surface area contributed by atoms with Crippen molar-refractivity contribution in [3.8, 4) is 0 Å². The second-order valence-corrected chi connectivity index (χ2v) is 8.30. The number of halogens is 1. The van der Waals surface area contributed by atoms with Gasteiger partial charge in [-0.1, -0.05) is 69.7 Å². The fraction of sp³-hybridized carbons (Fsp3) is 0.0909. The molecule has 3 aromatic carbocycles. The van der Waals surface area contributed by atoms with E-state index in [0.717, 1.165) is 26.8 Å². The van der Waals surface area contributed by atoms with Gasteiger partial charge >= 0.3 is 0 Å². The van der Waals surface area contributed by atoms with E-state index in [9.17, 15) is 4.79 Å². The number of carbonyl (C=O) groups excluding carboxylic acids is 1. The average molecular weight is 452 g/mol. The molecule has 0 atom stereocenters. The van der Waals surface area contributed by atoms with E-state index in [1.165, 1.54) is 16.7 Å². The third-order valence-electron chi connectivity index (χ3n) is 4.42. The molecule has 0 saturated heterocycles. The highest BCUT2D eigenvalue weighted by Gasteiger charge is 2.15. The van der Waals surface area contributed by atoms with E-state index in [1.807, 2.05) is 55.5 Å². The van der Waals surface area contributed by atoms with Crippen molar-refractivity contribution in [1.82, 2.24) is 10.3 Å². The summed E-state index contributed by atoms with van der Waals surface area (Å²) in [6.07, 6.45) is 0. The quantitative estimate of drug-likeness (QED) is 0.388. The lowest BCUT2D eigenvalue weighted by atomic mass is 10.0. The van der Waals surface area contributed by atoms with E-state index >= 15 is 0 Å². The van der Waals surface area contributed by atoms with Crippen LogP contribution >= 0.6 is 27.3 Å². The fourth-order valence-corrected chi connectivity index (χ4v) is 4.19. The molecule has 0 saturated carbocycles. The second-order valence-electron chi connectivity index (χ2n) is 6.39. The van der Waals surface area contributed by atoms with E-state index in [-0.39, 0.29) is 5.91 Å². The van der Waals surface area contributed by atoms with Crippen molar-refractivity contribution in [1.29, 1.82) is 0 Å². The predicted octanol–water partition coefficient (Wildman–Crippen LogP) is 6.04. The van der Waals surface area contributed by atoms with Gasteiger partial charge in [0.25, 0.3) is 5.91 Å². The smallest absolute Gasteiger partial charge is 0.263 e. The minimum absolute atomic E-state index is 0.105. The first-order valence-electron chi connectivity index (χ1n) is 8.85. The van der Waals surface area contributed by atoms with Crippen LogP contribution in [0.5, 0.6) is 0 Å². The summed E-state index contributed by atoms with van der Waals surface area (Å²) in [5.74, 6) is -0.105. The van der Waals surface area contributed by atoms with Gasteiger partial charge in [-0.05, 0) is 47.5 Å². The predicted molar refractivity (Wildman–Crippen MR) is 119 cm³/mol. The molecule has 1 heterocycles. The number of hydrogen-bond donors (Lipinski definition) is 2. The van der Waals surface area contributed by atoms with Crippen molar-refractivity contribution in [2.75, 3.05) is 5.32 Å². The van der Waals surface area contributed by atoms with Crippen molar-refractivity contribution in [3.05, 3.63) is 87.3 Å². The van der Waals surface area contributed by atoms with Crippen LogP contribution in [0.15, 0.2) is 71.2 Å². The van der Waals surface area contributed by atoms with E-state index in [4.69, 9.17) is 0 Å². The summed E-state index contributed by atoms with van der Waals surface area (Å²) < 4.78 is 1.02. The largest absolute Gasteiger partial charge is 0.347 e. The van der Waals surface area contributed by atoms with Gasteiger partial charge in [0.2, 0.25) is 0 Å². The summed E-state index contributed by atoms with van der Waals surface area (Å²) in [5, 5.41) is 9.31. The van der Waals surface area contributed by atoms with Gasteiger partial charge in [-0.25, -0.2) is 4.98 Å². The van der Waals surface area contributed by atoms with Crippen LogP contribution in [0.1, 0.15) is 20.9 Å². The maximum absolute atomic E-state index is 12.7. The molecule has 0 aliphatic carbocycles. The maximum atomic E-state index is 12.7. The van der Waals surface area contributed by atoms with Gasteiger partial charge in [0.1, 0.15) is 4.88 Å². The number of nitrogens with one attached hydrogen (secondary N) is 2. The number of fused-ring (bicyclic) bond motifs is 1. The molecule has 28 heavy (non-hydrogen) atoms. The Morgan fingerprint density at radius 2 is 1.79 bits per heavy atom. The van der Waals surface area contributed by atoms with Crippen LogP contribution in [-0.4, -0.2) is 10.9 Å². The Morgan fingerprint density at radius 1 is 1.04 bits per heavy atom. The van der Waals surface area contributed by atoms with Gasteiger partial charge in [-0.3, -0.25) is 4.79 Å². The monoisotopic (exact) mass is 451 g/mol. The number of hydrogen-bond acceptors (Lipinski definition) is 4. The molecule has 4 nitrogen and oxygen atoms in total. The Balaban J connectivity index is 1.47. The van der Waals surface area contributed by atoms with E-state index in [0.29, 0.717) is 16.6 Å². The number of nitrogens with zero attached hydrogens (tertiary/aromatic N) is 1. The third-order valence-corrected chi connectivity index (χ3v) is 6.02. The minimum Gasteiger partial charge on any atom is -0.347 e. The molecule has 0 bridgehead atoms. The van der Waals surface area contributed by atoms with Crippen molar-refractivity contribution in [2.45, 2.75) is 13.5 Å². The summed E-state index contributed by atoms with van der Waals surface area (Å²) >= 11 is 4.78. The highest BCUT2D eigenvalue weighted by atomic mass is 79.9. The number of carbonyl (C=O) groups is 1. The molecule has 2 N–H and O–H groups in total. The lowest BCUT2D eigenvalue weighted by Gasteiger charge is -2.08. The van der Waals surface area contributed by atoms with Crippen LogP contribution in [0.4, 0.5) is 10.8 Å². The Kier molecular flexibility index (Phi) is 5.41. The number of aromatic nitrogens is 1. The van der Waals surface area contributed by atoms with Gasteiger partial charge in [0.15, 0.2) is 5.13 Å². The summed E-state index contributed by atoms with van der Waals surface area (Å²) in [4.78, 5) is 17.8. The molecule has 1 amide bonds. The molecule has 0 spiro atoms. The molecule has 4 aromatic rings. The second kappa shape index (κ2) is 8.12. The normalized spacial score (nSPS) is 10.8. The van der Waals surface area contributed by atoms with Crippen molar-refractivity contribution in [3.63, 3.8) is 0 Å². The number of aryl methyl sites for hydroxylation is 1. The van der Waals surface area contributed by atoms with Gasteiger partial charge in [-0.15, -0.1) is 0 Å². The molecule has 1 aromatic heterocycles. The number of benzene rings is 3. The molecule has 4 rings (SSSR count). The van der Waals surface area contributed by atoms with E-state index < -0.39 is 0 Å². The highest BCUT2D eigenvalue weighted by molar-refractivity contribution is 9.10. The molecule has 0 unspecified atom stereocenters. The number of thiazole rings is 1. The van der Waals surface area contributed by atoms with Gasteiger partial charge in [0.05, 0.1) is 5.69 Å². The number of rotatable bonds is 5. The highest BCUT2D eigenvalue weighted by Crippen LogP contribution is 2.27. The van der Waals surface area contributed by atoms with Gasteiger partial charge in [0, 0.05) is 16.7 Å². The molecule has 0 aliphatic heterocycles. The SMILES string of the molecule is Cc1nc(Nc2ccc(Br)cc2)sc1C(=O)NCc1cccc2ccccc12. The Labute approximate surface area is 175 Å². The Bertz CT molecular complexity index is 1130. The molecular weight excluding hydrogens is 434 g/mol. The van der Waals surface area contributed by atoms with E-state index in [1.54, 1.807) is 0 Å². The Hall–Kier alpha value is -2.70. The first kappa shape index (κ1) is 18.7. The van der Waals surface area contributed by atoms with Crippen LogP contribution in [0, 0.1) is 6.92 Å². The zero-order chi connectivity index (χ0) is 19.5. The molecule has 140 valence electrons. The molecule has 0 radical (unpaired) electrons. The topological polar surface area (TPSA) is 54.0 Å². The zero-order valence-corrected chi connectivity index (χ0v) is 17.6. The van der Waals surface area contributed by atoms with Crippen LogP contribution in [0.3, 0.4) is 0 Å². The average Bonchev–Trinajstić information content (AvgIpc) is 3.08. The lowest BCUT2D eigenvalue weighted by molar-refractivity contribution is 0.0954. The summed E-state index contributed by atoms with van der Waals surface area (Å²) in [7, 11) is 0. The summed E-state index contributed by atoms with van der Waals surface area (Å²) in [6, 6.07) is 22.2. The standard InChI is InChI=1S/C22H18BrN3OS/c1-14-20(28-22(25-14)26-18-11-9-17(23)10-12-18)21(27)24-13-16-7-4-6-15-5-2-3-8-19(15)16/h2-12H,13H2,1H3,(H,24,27)(H,25,26). The number of amides is 1. The molecule has 0 aliphatic rings. The number of anilines is 2. The van der Waals surface area contributed by atoms with Crippen LogP contribution in [0.25, 0.3) is 10.8 Å². The summed E-state index contributed by atoms with van der Waals surface area (Å²) in [5.41, 5.74) is 2.75. The van der Waals surface area contributed by atoms with Crippen LogP contribution < -0.4 is 10.6 Å². The van der Waals surface area contributed by atoms with Crippen molar-refractivity contribution >= 4 is 54.8 Å². The van der Waals surface area contributed by atoms with Crippen LogP contribution in [0.2, 0.25) is 0 Å². The van der Waals surface area contributed by atoms with Gasteiger partial charge in [-0.2, -0.15) is 0 Å². The van der Waals surface area contributed by atoms with Gasteiger partial charge < -0.3 is 10.6 Å². The third kappa shape index (κ3) is 4.08. The fourth-order valence-electron chi connectivity index (χ4n) is 3.02. The first-order valence-corrected chi connectivity index (χ1v) is 10.5. The van der Waals surface area contributed by atoms with Crippen molar-refractivity contribution < 1.29 is 4.79 Å². The lowest BCUT2D eigenvalue weighted by Crippen LogP contribution is -2.22. The minimum atomic E-state index is -0.105. The first-order chi connectivity index (χ1) is 13.6. The zero-order valence-electron chi connectivity index (χ0n) is 15.2. The molecule has 0 fully saturated rings. The van der Waals surface area contributed by atoms with Crippen LogP contribution in [-0.2, 0) is 6.54 Å². The van der Waals surface area contributed by atoms with Crippen molar-refractivity contribution in [2.24, 2.45) is 0 Å².